The van der Waals surface area contributed by atoms with Crippen LogP contribution in [-0.2, 0) is 0 Å². The molecular weight excluding hydrogens is 397 g/mol. The molecule has 0 unspecified atom stereocenters. The van der Waals surface area contributed by atoms with Crippen molar-refractivity contribution in [3.05, 3.63) is 60.9 Å². The average molecular weight is 413 g/mol. The molecule has 4 rings (SSSR count). The molecule has 0 aliphatic rings. The number of rotatable bonds is 5. The van der Waals surface area contributed by atoms with E-state index in [4.69, 9.17) is 0 Å². The van der Waals surface area contributed by atoms with Gasteiger partial charge in [0.1, 0.15) is 0 Å². The Morgan fingerprint density at radius 3 is 1.50 bits per heavy atom. The van der Waals surface area contributed by atoms with E-state index in [1.165, 1.54) is 29.3 Å². The highest BCUT2D eigenvalue weighted by atomic mass is 32.2. The molecule has 0 aliphatic carbocycles. The lowest BCUT2D eigenvalue weighted by Crippen LogP contribution is -1.88. The van der Waals surface area contributed by atoms with Gasteiger partial charge in [-0.1, -0.05) is 0 Å². The summed E-state index contributed by atoms with van der Waals surface area (Å²) >= 11 is 7.17. The van der Waals surface area contributed by atoms with Gasteiger partial charge < -0.3 is 0 Å². The third kappa shape index (κ3) is 3.74. The van der Waals surface area contributed by atoms with Gasteiger partial charge in [-0.3, -0.25) is 9.97 Å². The predicted molar refractivity (Wildman–Crippen MR) is 118 cm³/mol. The fourth-order valence-electron chi connectivity index (χ4n) is 2.62. The Morgan fingerprint density at radius 1 is 0.654 bits per heavy atom. The topological polar surface area (TPSA) is 25.8 Å². The van der Waals surface area contributed by atoms with E-state index in [1.807, 2.05) is 35.1 Å². The fraction of sp³-hybridized carbons (Fsp3) is 0.100. The first-order chi connectivity index (χ1) is 12.8. The molecule has 26 heavy (non-hydrogen) atoms. The molecule has 4 aromatic rings. The van der Waals surface area contributed by atoms with Gasteiger partial charge in [0.2, 0.25) is 0 Å². The third-order valence-electron chi connectivity index (χ3n) is 3.92. The lowest BCUT2D eigenvalue weighted by molar-refractivity contribution is 1.25. The van der Waals surface area contributed by atoms with Crippen molar-refractivity contribution in [2.75, 3.05) is 12.5 Å². The second-order valence-corrected chi connectivity index (χ2v) is 9.89. The normalized spacial score (nSPS) is 11.0. The first-order valence-electron chi connectivity index (χ1n) is 7.97. The summed E-state index contributed by atoms with van der Waals surface area (Å²) in [5.74, 6) is 0. The lowest BCUT2D eigenvalue weighted by Gasteiger charge is -2.05. The van der Waals surface area contributed by atoms with Crippen LogP contribution in [0.2, 0.25) is 0 Å². The van der Waals surface area contributed by atoms with E-state index in [-0.39, 0.29) is 0 Å². The highest BCUT2D eigenvalue weighted by Crippen LogP contribution is 2.36. The number of thiophene rings is 2. The van der Waals surface area contributed by atoms with Crippen LogP contribution in [0.4, 0.5) is 0 Å². The first-order valence-corrected chi connectivity index (χ1v) is 12.1. The highest BCUT2D eigenvalue weighted by molar-refractivity contribution is 8.00. The predicted octanol–water partition coefficient (Wildman–Crippen LogP) is 7.04. The molecule has 0 atom stereocenters. The van der Waals surface area contributed by atoms with Gasteiger partial charge in [0.25, 0.3) is 0 Å². The van der Waals surface area contributed by atoms with Crippen LogP contribution in [-0.4, -0.2) is 22.5 Å². The molecule has 4 heterocycles. The standard InChI is InChI=1S/C20H16N2S4/c1-23-19-5-3-17(25-19)13-7-9-21-15(11-13)16-12-14(8-10-22-16)18-4-6-20(24-2)26-18/h3-12H,1-2H3. The summed E-state index contributed by atoms with van der Waals surface area (Å²) in [5, 5.41) is 0. The van der Waals surface area contributed by atoms with Gasteiger partial charge in [0.15, 0.2) is 0 Å². The maximum absolute atomic E-state index is 4.55. The molecule has 4 aromatic heterocycles. The lowest BCUT2D eigenvalue weighted by atomic mass is 10.1. The Kier molecular flexibility index (Phi) is 5.45. The summed E-state index contributed by atoms with van der Waals surface area (Å²) in [5.41, 5.74) is 4.19. The Morgan fingerprint density at radius 2 is 1.12 bits per heavy atom. The number of hydrogen-bond donors (Lipinski definition) is 0. The average Bonchev–Trinajstić information content (AvgIpc) is 3.37. The van der Waals surface area contributed by atoms with Crippen LogP contribution in [0.5, 0.6) is 0 Å². The Bertz CT molecular complexity index is 952. The van der Waals surface area contributed by atoms with E-state index in [2.05, 4.69) is 71.0 Å². The van der Waals surface area contributed by atoms with Crippen LogP contribution in [0.3, 0.4) is 0 Å². The summed E-state index contributed by atoms with van der Waals surface area (Å²) in [7, 11) is 0. The quantitative estimate of drug-likeness (QED) is 0.328. The summed E-state index contributed by atoms with van der Waals surface area (Å²) in [6.45, 7) is 0. The van der Waals surface area contributed by atoms with Crippen molar-refractivity contribution < 1.29 is 0 Å². The van der Waals surface area contributed by atoms with Gasteiger partial charge in [0.05, 0.1) is 19.8 Å². The van der Waals surface area contributed by atoms with Crippen LogP contribution in [0.1, 0.15) is 0 Å². The monoisotopic (exact) mass is 412 g/mol. The Hall–Kier alpha value is -1.60. The zero-order valence-corrected chi connectivity index (χ0v) is 17.6. The summed E-state index contributed by atoms with van der Waals surface area (Å²) in [6.07, 6.45) is 7.95. The number of thioether (sulfide) groups is 2. The van der Waals surface area contributed by atoms with Gasteiger partial charge in [-0.25, -0.2) is 0 Å². The van der Waals surface area contributed by atoms with E-state index >= 15 is 0 Å². The maximum Gasteiger partial charge on any atom is 0.0892 e. The largest absolute Gasteiger partial charge is 0.255 e. The van der Waals surface area contributed by atoms with E-state index in [9.17, 15) is 0 Å². The van der Waals surface area contributed by atoms with Crippen molar-refractivity contribution >= 4 is 46.2 Å². The molecule has 0 bridgehead atoms. The zero-order chi connectivity index (χ0) is 17.9. The van der Waals surface area contributed by atoms with Gasteiger partial charge in [-0.2, -0.15) is 0 Å². The summed E-state index contributed by atoms with van der Waals surface area (Å²) < 4.78 is 2.64. The molecule has 0 saturated heterocycles. The van der Waals surface area contributed by atoms with Crippen LogP contribution < -0.4 is 0 Å². The minimum absolute atomic E-state index is 0.907. The van der Waals surface area contributed by atoms with Gasteiger partial charge in [-0.15, -0.1) is 46.2 Å². The van der Waals surface area contributed by atoms with Gasteiger partial charge in [-0.05, 0) is 72.2 Å². The van der Waals surface area contributed by atoms with Crippen LogP contribution in [0, 0.1) is 0 Å². The molecule has 0 radical (unpaired) electrons. The van der Waals surface area contributed by atoms with Crippen molar-refractivity contribution in [2.24, 2.45) is 0 Å². The maximum atomic E-state index is 4.55. The minimum Gasteiger partial charge on any atom is -0.255 e. The van der Waals surface area contributed by atoms with Gasteiger partial charge in [0, 0.05) is 22.1 Å². The summed E-state index contributed by atoms with van der Waals surface area (Å²) in [6, 6.07) is 17.1. The van der Waals surface area contributed by atoms with Crippen molar-refractivity contribution in [1.82, 2.24) is 9.97 Å². The second kappa shape index (κ2) is 7.96. The third-order valence-corrected chi connectivity index (χ3v) is 8.35. The van der Waals surface area contributed by atoms with Crippen LogP contribution in [0.15, 0.2) is 69.3 Å². The zero-order valence-electron chi connectivity index (χ0n) is 14.3. The van der Waals surface area contributed by atoms with E-state index in [1.54, 1.807) is 23.5 Å². The number of hydrogen-bond acceptors (Lipinski definition) is 6. The molecule has 0 N–H and O–H groups in total. The molecule has 0 saturated carbocycles. The van der Waals surface area contributed by atoms with E-state index in [0.29, 0.717) is 0 Å². The highest BCUT2D eigenvalue weighted by Gasteiger charge is 2.09. The minimum atomic E-state index is 0.907. The molecule has 0 amide bonds. The van der Waals surface area contributed by atoms with Crippen molar-refractivity contribution in [3.63, 3.8) is 0 Å². The van der Waals surface area contributed by atoms with Crippen LogP contribution >= 0.6 is 46.2 Å². The molecule has 2 nitrogen and oxygen atoms in total. The van der Waals surface area contributed by atoms with Crippen molar-refractivity contribution in [1.29, 1.82) is 0 Å². The fourth-order valence-corrected chi connectivity index (χ4v) is 5.70. The second-order valence-electron chi connectivity index (χ2n) is 5.51. The smallest absolute Gasteiger partial charge is 0.0892 e. The van der Waals surface area contributed by atoms with Crippen LogP contribution in [0.25, 0.3) is 32.3 Å². The molecule has 0 fully saturated rings. The first kappa shape index (κ1) is 17.8. The van der Waals surface area contributed by atoms with Gasteiger partial charge >= 0.3 is 0 Å². The summed E-state index contributed by atoms with van der Waals surface area (Å²) in [4.78, 5) is 11.6. The Labute approximate surface area is 169 Å². The van der Waals surface area contributed by atoms with Crippen molar-refractivity contribution in [2.45, 2.75) is 8.42 Å². The van der Waals surface area contributed by atoms with Crippen molar-refractivity contribution in [3.8, 4) is 32.3 Å². The molecular formula is C20H16N2S4. The number of aromatic nitrogens is 2. The number of nitrogens with zero attached hydrogens (tertiary/aromatic N) is 2. The van der Waals surface area contributed by atoms with E-state index < -0.39 is 0 Å². The molecule has 0 aromatic carbocycles. The van der Waals surface area contributed by atoms with E-state index in [0.717, 1.165) is 11.4 Å². The SMILES string of the molecule is CSc1ccc(-c2ccnc(-c3cc(-c4ccc(SC)s4)ccn3)c2)s1. The Balaban J connectivity index is 1.69. The molecule has 130 valence electrons. The molecule has 6 heteroatoms. The number of pyridine rings is 2. The molecule has 0 spiro atoms. The molecule has 0 aliphatic heterocycles.